The Bertz CT molecular complexity index is 855. The van der Waals surface area contributed by atoms with Crippen LogP contribution in [0.1, 0.15) is 37.5 Å². The number of hydrogen-bond acceptors (Lipinski definition) is 3. The average Bonchev–Trinajstić information content (AvgIpc) is 3.28. The molecule has 4 heterocycles. The summed E-state index contributed by atoms with van der Waals surface area (Å²) in [5.41, 5.74) is 2.67. The Balaban J connectivity index is 1.56. The van der Waals surface area contributed by atoms with E-state index in [1.807, 2.05) is 0 Å². The zero-order valence-corrected chi connectivity index (χ0v) is 16.7. The lowest BCUT2D eigenvalue weighted by molar-refractivity contribution is -0.995. The third-order valence-corrected chi connectivity index (χ3v) is 7.89. The molecule has 6 rings (SSSR count). The average molecular weight is 385 g/mol. The van der Waals surface area contributed by atoms with Gasteiger partial charge in [0, 0.05) is 6.42 Å². The zero-order chi connectivity index (χ0) is 18.6. The second-order valence-corrected chi connectivity index (χ2v) is 9.03. The Morgan fingerprint density at radius 3 is 2.54 bits per heavy atom. The van der Waals surface area contributed by atoms with Gasteiger partial charge in [-0.05, 0) is 25.0 Å². The maximum Gasteiger partial charge on any atom is 0.187 e. The highest BCUT2D eigenvalue weighted by molar-refractivity contribution is 5.76. The van der Waals surface area contributed by atoms with Crippen LogP contribution in [0.4, 0.5) is 0 Å². The number of fused-ring (bicyclic) bond motifs is 5. The first kappa shape index (κ1) is 17.4. The monoisotopic (exact) mass is 384 g/mol. The van der Waals surface area contributed by atoms with E-state index in [-0.39, 0.29) is 5.66 Å². The number of rotatable bonds is 2. The van der Waals surface area contributed by atoms with Gasteiger partial charge in [0.2, 0.25) is 0 Å². The van der Waals surface area contributed by atoms with E-state index in [4.69, 9.17) is 14.5 Å². The van der Waals surface area contributed by atoms with Gasteiger partial charge in [0.05, 0.1) is 43.4 Å². The fourth-order valence-electron chi connectivity index (χ4n) is 6.81. The number of benzene rings is 1. The minimum absolute atomic E-state index is 0.156. The summed E-state index contributed by atoms with van der Waals surface area (Å²) in [5.74, 6) is 2.03. The van der Waals surface area contributed by atoms with Crippen LogP contribution in [0, 0.1) is 5.92 Å². The van der Waals surface area contributed by atoms with Crippen molar-refractivity contribution in [3.63, 3.8) is 0 Å². The quantitative estimate of drug-likeness (QED) is 0.752. The van der Waals surface area contributed by atoms with Gasteiger partial charge in [-0.3, -0.25) is 4.57 Å². The standard InChI is InChI=1S/C22H30N4O2/c1-2-7-19-18(6-1)23-21-20(24-9-13-27-14-10-24)17-5-3-4-8-22(17,26(19)21)25-11-15-28-16-12-25/h1-2,6-7,17,20H,3-5,8-16H2/p+2/t17-,20-,22+/m0/s1. The summed E-state index contributed by atoms with van der Waals surface area (Å²) >= 11 is 0. The highest BCUT2D eigenvalue weighted by Gasteiger charge is 2.64. The first-order chi connectivity index (χ1) is 13.9. The highest BCUT2D eigenvalue weighted by Crippen LogP contribution is 2.49. The van der Waals surface area contributed by atoms with E-state index >= 15 is 0 Å². The molecule has 4 aliphatic rings. The Morgan fingerprint density at radius 2 is 1.71 bits per heavy atom. The molecule has 0 unspecified atom stereocenters. The lowest BCUT2D eigenvalue weighted by Gasteiger charge is -2.47. The number of morpholine rings is 2. The number of ether oxygens (including phenoxy) is 2. The second kappa shape index (κ2) is 6.80. The number of aromatic nitrogens is 2. The van der Waals surface area contributed by atoms with Gasteiger partial charge in [0.1, 0.15) is 26.2 Å². The van der Waals surface area contributed by atoms with Crippen LogP contribution in [0.2, 0.25) is 0 Å². The smallest absolute Gasteiger partial charge is 0.187 e. The largest absolute Gasteiger partial charge is 0.370 e. The van der Waals surface area contributed by atoms with Crippen LogP contribution in [0.25, 0.3) is 11.0 Å². The molecule has 1 aromatic carbocycles. The van der Waals surface area contributed by atoms with Crippen LogP contribution < -0.4 is 9.80 Å². The van der Waals surface area contributed by atoms with E-state index in [1.54, 1.807) is 9.80 Å². The molecule has 3 aliphatic heterocycles. The Kier molecular flexibility index (Phi) is 4.22. The molecule has 0 spiro atoms. The number of quaternary nitrogens is 2. The van der Waals surface area contributed by atoms with Crippen molar-refractivity contribution in [1.29, 1.82) is 0 Å². The molecule has 6 nitrogen and oxygen atoms in total. The Morgan fingerprint density at radius 1 is 0.964 bits per heavy atom. The van der Waals surface area contributed by atoms with E-state index in [0.29, 0.717) is 12.0 Å². The van der Waals surface area contributed by atoms with Crippen LogP contribution in [-0.4, -0.2) is 62.2 Å². The van der Waals surface area contributed by atoms with Crippen LogP contribution in [0.3, 0.4) is 0 Å². The van der Waals surface area contributed by atoms with E-state index in [0.717, 1.165) is 52.6 Å². The maximum absolute atomic E-state index is 5.77. The number of imidazole rings is 1. The van der Waals surface area contributed by atoms with Crippen LogP contribution in [0.15, 0.2) is 24.3 Å². The predicted molar refractivity (Wildman–Crippen MR) is 105 cm³/mol. The third kappa shape index (κ3) is 2.38. The summed E-state index contributed by atoms with van der Waals surface area (Å²) in [5, 5.41) is 0. The number of nitrogens with zero attached hydrogens (tertiary/aromatic N) is 2. The molecule has 1 saturated carbocycles. The van der Waals surface area contributed by atoms with Crippen molar-refractivity contribution < 1.29 is 19.3 Å². The van der Waals surface area contributed by atoms with Gasteiger partial charge in [0.15, 0.2) is 17.5 Å². The summed E-state index contributed by atoms with van der Waals surface area (Å²) in [4.78, 5) is 8.71. The molecule has 2 N–H and O–H groups in total. The van der Waals surface area contributed by atoms with Crippen LogP contribution >= 0.6 is 0 Å². The normalized spacial score (nSPS) is 34.4. The molecule has 2 saturated heterocycles. The Labute approximate surface area is 166 Å². The van der Waals surface area contributed by atoms with Gasteiger partial charge in [-0.2, -0.15) is 0 Å². The number of para-hydroxylation sites is 2. The van der Waals surface area contributed by atoms with E-state index in [2.05, 4.69) is 28.8 Å². The van der Waals surface area contributed by atoms with E-state index < -0.39 is 0 Å². The first-order valence-electron chi connectivity index (χ1n) is 11.2. The van der Waals surface area contributed by atoms with Gasteiger partial charge < -0.3 is 19.3 Å². The van der Waals surface area contributed by atoms with Crippen molar-refractivity contribution in [2.75, 3.05) is 52.6 Å². The van der Waals surface area contributed by atoms with Crippen molar-refractivity contribution in [2.45, 2.75) is 37.4 Å². The number of nitrogens with one attached hydrogen (secondary N) is 2. The molecule has 150 valence electrons. The van der Waals surface area contributed by atoms with Crippen molar-refractivity contribution in [3.8, 4) is 0 Å². The van der Waals surface area contributed by atoms with Gasteiger partial charge in [-0.15, -0.1) is 0 Å². The predicted octanol–water partition coefficient (Wildman–Crippen LogP) is -0.236. The van der Waals surface area contributed by atoms with Gasteiger partial charge in [-0.1, -0.05) is 18.6 Å². The Hall–Kier alpha value is -1.47. The molecule has 6 heteroatoms. The van der Waals surface area contributed by atoms with Gasteiger partial charge in [0.25, 0.3) is 0 Å². The van der Waals surface area contributed by atoms with Crippen LogP contribution in [-0.2, 0) is 15.1 Å². The minimum Gasteiger partial charge on any atom is -0.370 e. The maximum atomic E-state index is 5.77. The lowest BCUT2D eigenvalue weighted by Crippen LogP contribution is -3.23. The molecular weight excluding hydrogens is 352 g/mol. The summed E-state index contributed by atoms with van der Waals surface area (Å²) in [6.45, 7) is 8.01. The minimum atomic E-state index is 0.156. The first-order valence-corrected chi connectivity index (χ1v) is 11.2. The highest BCUT2D eigenvalue weighted by atomic mass is 16.5. The molecule has 28 heavy (non-hydrogen) atoms. The second-order valence-electron chi connectivity index (χ2n) is 9.03. The molecule has 1 aromatic heterocycles. The van der Waals surface area contributed by atoms with Crippen molar-refractivity contribution >= 4 is 11.0 Å². The lowest BCUT2D eigenvalue weighted by atomic mass is 9.75. The van der Waals surface area contributed by atoms with Gasteiger partial charge in [-0.25, -0.2) is 4.98 Å². The topological polar surface area (TPSA) is 45.2 Å². The van der Waals surface area contributed by atoms with Crippen molar-refractivity contribution in [2.24, 2.45) is 5.92 Å². The van der Waals surface area contributed by atoms with Crippen LogP contribution in [0.5, 0.6) is 0 Å². The summed E-state index contributed by atoms with van der Waals surface area (Å²) < 4.78 is 14.2. The fourth-order valence-corrected chi connectivity index (χ4v) is 6.81. The summed E-state index contributed by atoms with van der Waals surface area (Å²) in [6.07, 6.45) is 5.30. The molecule has 1 aliphatic carbocycles. The van der Waals surface area contributed by atoms with Gasteiger partial charge >= 0.3 is 0 Å². The SMILES string of the molecule is c1ccc2c(c1)nc1n2[C@]2([NH+]3CCOCC3)CCCC[C@H]2[C@@H]1[NH+]1CCOCC1. The molecule has 3 fully saturated rings. The summed E-state index contributed by atoms with van der Waals surface area (Å²) in [7, 11) is 0. The zero-order valence-electron chi connectivity index (χ0n) is 16.7. The molecule has 3 atom stereocenters. The number of hydrogen-bond donors (Lipinski definition) is 2. The summed E-state index contributed by atoms with van der Waals surface area (Å²) in [6, 6.07) is 9.33. The molecule has 0 amide bonds. The molecule has 2 aromatic rings. The third-order valence-electron chi connectivity index (χ3n) is 7.89. The van der Waals surface area contributed by atoms with Crippen molar-refractivity contribution in [1.82, 2.24) is 9.55 Å². The van der Waals surface area contributed by atoms with E-state index in [1.165, 1.54) is 42.5 Å². The molecule has 0 bridgehead atoms. The molecular formula is C22H32N4O2+2. The van der Waals surface area contributed by atoms with Crippen molar-refractivity contribution in [3.05, 3.63) is 30.1 Å². The molecule has 0 radical (unpaired) electrons. The fraction of sp³-hybridized carbons (Fsp3) is 0.682. The van der Waals surface area contributed by atoms with E-state index in [9.17, 15) is 0 Å².